The average molecular weight is 224 g/mol. The van der Waals surface area contributed by atoms with Gasteiger partial charge in [-0.2, -0.15) is 10.2 Å². The molecule has 0 spiro atoms. The molecule has 0 amide bonds. The van der Waals surface area contributed by atoms with Crippen LogP contribution >= 0.6 is 0 Å². The van der Waals surface area contributed by atoms with Crippen LogP contribution in [0.3, 0.4) is 0 Å². The number of aromatic nitrogens is 4. The minimum absolute atomic E-state index is 0.00856. The van der Waals surface area contributed by atoms with E-state index in [1.54, 1.807) is 17.9 Å². The number of rotatable bonds is 0. The monoisotopic (exact) mass is 224 g/mol. The van der Waals surface area contributed by atoms with Crippen LogP contribution in [0, 0.1) is 0 Å². The Kier molecular flexibility index (Phi) is 1.43. The standard InChI is InChI=1S/C8H8N4O2S/c1-12-6-4-15(13,14)7-3-9-11-8(7)5(6)2-10-12/h2-3H,4H2,1H3,(H,9,11). The summed E-state index contributed by atoms with van der Waals surface area (Å²) in [5.41, 5.74) is 2.07. The summed E-state index contributed by atoms with van der Waals surface area (Å²) in [7, 11) is -1.53. The largest absolute Gasteiger partial charge is 0.276 e. The van der Waals surface area contributed by atoms with Crippen LogP contribution in [-0.4, -0.2) is 28.4 Å². The minimum atomic E-state index is -3.26. The van der Waals surface area contributed by atoms with E-state index in [-0.39, 0.29) is 10.6 Å². The second kappa shape index (κ2) is 2.48. The van der Waals surface area contributed by atoms with Crippen LogP contribution in [0.1, 0.15) is 5.69 Å². The number of sulfone groups is 1. The predicted molar refractivity (Wildman–Crippen MR) is 51.7 cm³/mol. The lowest BCUT2D eigenvalue weighted by Gasteiger charge is -2.12. The normalized spacial score (nSPS) is 17.1. The van der Waals surface area contributed by atoms with Gasteiger partial charge in [0, 0.05) is 12.6 Å². The highest BCUT2D eigenvalue weighted by Crippen LogP contribution is 2.35. The molecular weight excluding hydrogens is 216 g/mol. The van der Waals surface area contributed by atoms with Crippen molar-refractivity contribution in [2.45, 2.75) is 10.6 Å². The summed E-state index contributed by atoms with van der Waals surface area (Å²) in [5, 5.41) is 10.5. The maximum atomic E-state index is 11.8. The average Bonchev–Trinajstić information content (AvgIpc) is 2.73. The highest BCUT2D eigenvalue weighted by Gasteiger charge is 2.32. The topological polar surface area (TPSA) is 80.6 Å². The summed E-state index contributed by atoms with van der Waals surface area (Å²) in [5.74, 6) is -0.00856. The van der Waals surface area contributed by atoms with Crippen LogP contribution in [0.4, 0.5) is 0 Å². The van der Waals surface area contributed by atoms with E-state index in [1.165, 1.54) is 6.20 Å². The van der Waals surface area contributed by atoms with Gasteiger partial charge < -0.3 is 0 Å². The molecule has 0 saturated heterocycles. The van der Waals surface area contributed by atoms with Gasteiger partial charge in [0.15, 0.2) is 9.84 Å². The third-order valence-electron chi connectivity index (χ3n) is 2.60. The molecule has 0 radical (unpaired) electrons. The zero-order valence-electron chi connectivity index (χ0n) is 7.93. The number of hydrogen-bond donors (Lipinski definition) is 1. The van der Waals surface area contributed by atoms with Gasteiger partial charge in [-0.05, 0) is 0 Å². The lowest BCUT2D eigenvalue weighted by molar-refractivity contribution is 0.591. The van der Waals surface area contributed by atoms with Crippen molar-refractivity contribution in [3.05, 3.63) is 18.1 Å². The quantitative estimate of drug-likeness (QED) is 0.688. The Balaban J connectivity index is 2.43. The molecule has 0 unspecified atom stereocenters. The molecule has 0 fully saturated rings. The highest BCUT2D eigenvalue weighted by molar-refractivity contribution is 7.90. The highest BCUT2D eigenvalue weighted by atomic mass is 32.2. The van der Waals surface area contributed by atoms with Gasteiger partial charge in [-0.25, -0.2) is 8.42 Å². The first kappa shape index (κ1) is 8.66. The van der Waals surface area contributed by atoms with Gasteiger partial charge in [0.05, 0.1) is 29.5 Å². The van der Waals surface area contributed by atoms with Gasteiger partial charge in [0.1, 0.15) is 4.90 Å². The Labute approximate surface area is 85.8 Å². The third-order valence-corrected chi connectivity index (χ3v) is 4.23. The minimum Gasteiger partial charge on any atom is -0.276 e. The summed E-state index contributed by atoms with van der Waals surface area (Å²) in [6.07, 6.45) is 3.00. The molecule has 1 aliphatic rings. The Morgan fingerprint density at radius 3 is 3.07 bits per heavy atom. The van der Waals surface area contributed by atoms with Crippen molar-refractivity contribution in [2.24, 2.45) is 7.05 Å². The molecule has 0 saturated carbocycles. The van der Waals surface area contributed by atoms with E-state index in [4.69, 9.17) is 0 Å². The van der Waals surface area contributed by atoms with Crippen molar-refractivity contribution in [3.63, 3.8) is 0 Å². The van der Waals surface area contributed by atoms with Gasteiger partial charge in [0.2, 0.25) is 0 Å². The second-order valence-corrected chi connectivity index (χ2v) is 5.45. The SMILES string of the molecule is Cn1ncc2c1CS(=O)(=O)c1cn[nH]c1-2. The molecule has 2 aromatic heterocycles. The van der Waals surface area contributed by atoms with Crippen molar-refractivity contribution >= 4 is 9.84 Å². The van der Waals surface area contributed by atoms with Gasteiger partial charge in [-0.1, -0.05) is 0 Å². The number of fused-ring (bicyclic) bond motifs is 3. The van der Waals surface area contributed by atoms with E-state index in [0.29, 0.717) is 11.4 Å². The van der Waals surface area contributed by atoms with Crippen LogP contribution in [0.2, 0.25) is 0 Å². The van der Waals surface area contributed by atoms with E-state index < -0.39 is 9.84 Å². The van der Waals surface area contributed by atoms with Crippen molar-refractivity contribution < 1.29 is 8.42 Å². The number of H-pyrrole nitrogens is 1. The van der Waals surface area contributed by atoms with Gasteiger partial charge in [-0.3, -0.25) is 9.78 Å². The first-order valence-corrected chi connectivity index (χ1v) is 6.02. The van der Waals surface area contributed by atoms with E-state index in [0.717, 1.165) is 5.56 Å². The molecule has 1 aliphatic heterocycles. The zero-order valence-corrected chi connectivity index (χ0v) is 8.74. The molecule has 1 N–H and O–H groups in total. The Morgan fingerprint density at radius 1 is 1.47 bits per heavy atom. The fourth-order valence-corrected chi connectivity index (χ4v) is 3.34. The molecule has 3 rings (SSSR count). The summed E-state index contributed by atoms with van der Waals surface area (Å²) in [6, 6.07) is 0. The van der Waals surface area contributed by atoms with Crippen LogP contribution in [0.15, 0.2) is 17.3 Å². The van der Waals surface area contributed by atoms with Gasteiger partial charge in [0.25, 0.3) is 0 Å². The fourth-order valence-electron chi connectivity index (χ4n) is 1.80. The maximum absolute atomic E-state index is 11.8. The van der Waals surface area contributed by atoms with Crippen LogP contribution < -0.4 is 0 Å². The van der Waals surface area contributed by atoms with Gasteiger partial charge in [-0.15, -0.1) is 0 Å². The Morgan fingerprint density at radius 2 is 2.27 bits per heavy atom. The summed E-state index contributed by atoms with van der Waals surface area (Å²) in [4.78, 5) is 0.267. The van der Waals surface area contributed by atoms with Crippen LogP contribution in [-0.2, 0) is 22.6 Å². The number of nitrogens with one attached hydrogen (secondary N) is 1. The van der Waals surface area contributed by atoms with Crippen LogP contribution in [0.25, 0.3) is 11.3 Å². The smallest absolute Gasteiger partial charge is 0.187 e. The molecule has 15 heavy (non-hydrogen) atoms. The maximum Gasteiger partial charge on any atom is 0.187 e. The van der Waals surface area contributed by atoms with Crippen molar-refractivity contribution in [1.29, 1.82) is 0 Å². The lowest BCUT2D eigenvalue weighted by Crippen LogP contribution is -2.14. The van der Waals surface area contributed by atoms with E-state index >= 15 is 0 Å². The van der Waals surface area contributed by atoms with E-state index in [1.807, 2.05) is 0 Å². The summed E-state index contributed by atoms with van der Waals surface area (Å²) < 4.78 is 25.3. The first-order chi connectivity index (χ1) is 7.09. The van der Waals surface area contributed by atoms with E-state index in [2.05, 4.69) is 15.3 Å². The van der Waals surface area contributed by atoms with Crippen molar-refractivity contribution in [1.82, 2.24) is 20.0 Å². The van der Waals surface area contributed by atoms with E-state index in [9.17, 15) is 8.42 Å². The van der Waals surface area contributed by atoms with Crippen LogP contribution in [0.5, 0.6) is 0 Å². The molecule has 3 heterocycles. The molecule has 0 aliphatic carbocycles. The Bertz CT molecular complexity index is 637. The number of aromatic amines is 1. The first-order valence-electron chi connectivity index (χ1n) is 4.37. The molecule has 0 atom stereocenters. The second-order valence-electron chi connectivity index (χ2n) is 3.50. The van der Waals surface area contributed by atoms with Gasteiger partial charge >= 0.3 is 0 Å². The molecular formula is C8H8N4O2S. The number of hydrogen-bond acceptors (Lipinski definition) is 4. The van der Waals surface area contributed by atoms with Crippen molar-refractivity contribution in [2.75, 3.05) is 0 Å². The molecule has 0 aromatic carbocycles. The number of nitrogens with zero attached hydrogens (tertiary/aromatic N) is 3. The number of aryl methyl sites for hydroxylation is 1. The predicted octanol–water partition coefficient (Wildman–Crippen LogP) is 0.0975. The van der Waals surface area contributed by atoms with Crippen molar-refractivity contribution in [3.8, 4) is 11.3 Å². The zero-order chi connectivity index (χ0) is 10.6. The molecule has 0 bridgehead atoms. The lowest BCUT2D eigenvalue weighted by atomic mass is 10.2. The molecule has 78 valence electrons. The molecule has 7 heteroatoms. The fraction of sp³-hybridized carbons (Fsp3) is 0.250. The molecule has 2 aromatic rings. The third kappa shape index (κ3) is 1.01. The Hall–Kier alpha value is -1.63. The summed E-state index contributed by atoms with van der Waals surface area (Å²) in [6.45, 7) is 0. The molecule has 6 nitrogen and oxygen atoms in total. The summed E-state index contributed by atoms with van der Waals surface area (Å²) >= 11 is 0.